The van der Waals surface area contributed by atoms with Crippen molar-refractivity contribution in [1.82, 2.24) is 5.32 Å². The Hall–Kier alpha value is -1.49. The molecule has 1 unspecified atom stereocenters. The molecule has 0 amide bonds. The molecule has 0 bridgehead atoms. The van der Waals surface area contributed by atoms with Gasteiger partial charge in [0.2, 0.25) is 5.78 Å². The molecule has 0 radical (unpaired) electrons. The van der Waals surface area contributed by atoms with E-state index >= 15 is 0 Å². The number of nitrogens with zero attached hydrogens (tertiary/aromatic N) is 1. The molecular weight excluding hydrogens is 339 g/mol. The average Bonchev–Trinajstić information content (AvgIpc) is 2.48. The first kappa shape index (κ1) is 16.9. The number of ketones is 1. The van der Waals surface area contributed by atoms with Gasteiger partial charge in [0.15, 0.2) is 17.4 Å². The number of hydrogen-bond acceptors (Lipinski definition) is 2. The summed E-state index contributed by atoms with van der Waals surface area (Å²) in [5.74, 6) is -0.177. The summed E-state index contributed by atoms with van der Waals surface area (Å²) in [7, 11) is 0. The molecule has 0 fully saturated rings. The fourth-order valence-corrected chi connectivity index (χ4v) is 2.96. The van der Waals surface area contributed by atoms with E-state index < -0.39 is 6.04 Å². The number of pyridine rings is 1. The van der Waals surface area contributed by atoms with Crippen molar-refractivity contribution in [2.24, 2.45) is 0 Å². The SMILES string of the molecule is CCNC(=S)C(C(=O)c1ccc(Cl)cc1Cl)[n+]1ccccc1. The van der Waals surface area contributed by atoms with Crippen LogP contribution in [0.1, 0.15) is 23.3 Å². The van der Waals surface area contributed by atoms with Gasteiger partial charge in [-0.05, 0) is 25.1 Å². The maximum absolute atomic E-state index is 12.9. The van der Waals surface area contributed by atoms with E-state index in [-0.39, 0.29) is 5.78 Å². The Balaban J connectivity index is 2.44. The van der Waals surface area contributed by atoms with E-state index in [2.05, 4.69) is 5.32 Å². The quantitative estimate of drug-likeness (QED) is 0.506. The van der Waals surface area contributed by atoms with Gasteiger partial charge in [0.05, 0.1) is 5.02 Å². The van der Waals surface area contributed by atoms with Crippen LogP contribution in [-0.4, -0.2) is 17.3 Å². The summed E-state index contributed by atoms with van der Waals surface area (Å²) in [6.07, 6.45) is 3.60. The number of Topliss-reactive ketones (excluding diaryl/α,β-unsaturated/α-hetero) is 1. The fourth-order valence-electron chi connectivity index (χ4n) is 2.08. The van der Waals surface area contributed by atoms with E-state index in [1.54, 1.807) is 35.2 Å². The van der Waals surface area contributed by atoms with Gasteiger partial charge in [-0.3, -0.25) is 4.79 Å². The molecule has 1 N–H and O–H groups in total. The van der Waals surface area contributed by atoms with E-state index in [0.29, 0.717) is 27.1 Å². The predicted octanol–water partition coefficient (Wildman–Crippen LogP) is 3.64. The minimum Gasteiger partial charge on any atom is -0.374 e. The smallest absolute Gasteiger partial charge is 0.270 e. The number of hydrogen-bond donors (Lipinski definition) is 1. The molecule has 3 nitrogen and oxygen atoms in total. The molecular formula is C16H15Cl2N2OS+. The largest absolute Gasteiger partial charge is 0.374 e. The van der Waals surface area contributed by atoms with Crippen molar-refractivity contribution in [2.75, 3.05) is 6.54 Å². The van der Waals surface area contributed by atoms with Gasteiger partial charge in [-0.25, -0.2) is 0 Å². The molecule has 1 aromatic carbocycles. The summed E-state index contributed by atoms with van der Waals surface area (Å²) >= 11 is 17.4. The Morgan fingerprint density at radius 2 is 1.95 bits per heavy atom. The number of likely N-dealkylation sites (N-methyl/N-ethyl adjacent to an activating group) is 1. The topological polar surface area (TPSA) is 33.0 Å². The second-order valence-electron chi connectivity index (χ2n) is 4.61. The van der Waals surface area contributed by atoms with Crippen molar-refractivity contribution in [1.29, 1.82) is 0 Å². The molecule has 0 spiro atoms. The van der Waals surface area contributed by atoms with Crippen molar-refractivity contribution < 1.29 is 9.36 Å². The van der Waals surface area contributed by atoms with Crippen LogP contribution >= 0.6 is 35.4 Å². The number of carbonyl (C=O) groups is 1. The van der Waals surface area contributed by atoms with Crippen LogP contribution in [0.4, 0.5) is 0 Å². The van der Waals surface area contributed by atoms with Gasteiger partial charge < -0.3 is 5.32 Å². The summed E-state index contributed by atoms with van der Waals surface area (Å²) in [6.45, 7) is 2.57. The number of benzene rings is 1. The van der Waals surface area contributed by atoms with Crippen LogP contribution < -0.4 is 9.88 Å². The molecule has 22 heavy (non-hydrogen) atoms. The number of thiocarbonyl (C=S) groups is 1. The van der Waals surface area contributed by atoms with Crippen LogP contribution in [0.3, 0.4) is 0 Å². The number of rotatable bonds is 5. The van der Waals surface area contributed by atoms with Crippen LogP contribution in [0.2, 0.25) is 10.0 Å². The first-order valence-electron chi connectivity index (χ1n) is 6.77. The van der Waals surface area contributed by atoms with Crippen LogP contribution in [0.25, 0.3) is 0 Å². The van der Waals surface area contributed by atoms with E-state index in [0.717, 1.165) is 0 Å². The Morgan fingerprint density at radius 1 is 1.27 bits per heavy atom. The normalized spacial score (nSPS) is 11.8. The summed E-state index contributed by atoms with van der Waals surface area (Å²) in [5, 5.41) is 3.85. The van der Waals surface area contributed by atoms with Crippen LogP contribution in [0.15, 0.2) is 48.8 Å². The summed E-state index contributed by atoms with van der Waals surface area (Å²) < 4.78 is 1.76. The lowest BCUT2D eigenvalue weighted by atomic mass is 10.0. The molecule has 0 saturated heterocycles. The lowest BCUT2D eigenvalue weighted by Gasteiger charge is -2.14. The second-order valence-corrected chi connectivity index (χ2v) is 5.89. The highest BCUT2D eigenvalue weighted by Gasteiger charge is 2.33. The highest BCUT2D eigenvalue weighted by molar-refractivity contribution is 7.80. The third-order valence-electron chi connectivity index (χ3n) is 3.08. The van der Waals surface area contributed by atoms with Crippen LogP contribution in [0, 0.1) is 0 Å². The Morgan fingerprint density at radius 3 is 2.55 bits per heavy atom. The van der Waals surface area contributed by atoms with Gasteiger partial charge in [-0.15, -0.1) is 0 Å². The average molecular weight is 354 g/mol. The van der Waals surface area contributed by atoms with Gasteiger partial charge in [-0.1, -0.05) is 41.5 Å². The predicted molar refractivity (Wildman–Crippen MR) is 92.7 cm³/mol. The van der Waals surface area contributed by atoms with Gasteiger partial charge in [0, 0.05) is 29.3 Å². The zero-order valence-corrected chi connectivity index (χ0v) is 14.3. The van der Waals surface area contributed by atoms with Crippen molar-refractivity contribution in [3.8, 4) is 0 Å². The third-order valence-corrected chi connectivity index (χ3v) is 4.00. The number of halogens is 2. The first-order valence-corrected chi connectivity index (χ1v) is 7.93. The van der Waals surface area contributed by atoms with Gasteiger partial charge >= 0.3 is 0 Å². The zero-order valence-electron chi connectivity index (χ0n) is 11.9. The maximum atomic E-state index is 12.9. The van der Waals surface area contributed by atoms with E-state index in [9.17, 15) is 4.79 Å². The lowest BCUT2D eigenvalue weighted by molar-refractivity contribution is -0.692. The standard InChI is InChI=1S/C16H14Cl2N2OS/c1-2-19-16(22)14(20-8-4-3-5-9-20)15(21)12-7-6-11(17)10-13(12)18/h3-10,14H,2H2,1H3/p+1. The molecule has 2 rings (SSSR count). The number of aromatic nitrogens is 1. The Bertz CT molecular complexity index is 692. The van der Waals surface area contributed by atoms with Crippen molar-refractivity contribution >= 4 is 46.2 Å². The van der Waals surface area contributed by atoms with Gasteiger partial charge in [-0.2, -0.15) is 4.57 Å². The third kappa shape index (κ3) is 3.83. The van der Waals surface area contributed by atoms with E-state index in [1.165, 1.54) is 0 Å². The minimum absolute atomic E-state index is 0.177. The molecule has 0 aliphatic rings. The molecule has 0 saturated carbocycles. The number of carbonyl (C=O) groups excluding carboxylic acids is 1. The molecule has 114 valence electrons. The summed E-state index contributed by atoms with van der Waals surface area (Å²) in [5.41, 5.74) is 0.396. The van der Waals surface area contributed by atoms with Crippen LogP contribution in [-0.2, 0) is 0 Å². The highest BCUT2D eigenvalue weighted by atomic mass is 35.5. The molecule has 1 atom stereocenters. The summed E-state index contributed by atoms with van der Waals surface area (Å²) in [6, 6.07) is 9.75. The lowest BCUT2D eigenvalue weighted by Crippen LogP contribution is -2.51. The molecule has 0 aliphatic carbocycles. The maximum Gasteiger partial charge on any atom is 0.270 e. The molecule has 1 heterocycles. The summed E-state index contributed by atoms with van der Waals surface area (Å²) in [4.78, 5) is 13.4. The van der Waals surface area contributed by atoms with E-state index in [1.807, 2.05) is 25.1 Å². The fraction of sp³-hybridized carbons (Fsp3) is 0.188. The monoisotopic (exact) mass is 353 g/mol. The Kier molecular flexibility index (Phi) is 5.89. The van der Waals surface area contributed by atoms with Crippen molar-refractivity contribution in [3.63, 3.8) is 0 Å². The molecule has 0 aliphatic heterocycles. The molecule has 6 heteroatoms. The van der Waals surface area contributed by atoms with E-state index in [4.69, 9.17) is 35.4 Å². The van der Waals surface area contributed by atoms with Crippen molar-refractivity contribution in [2.45, 2.75) is 13.0 Å². The van der Waals surface area contributed by atoms with Crippen LogP contribution in [0.5, 0.6) is 0 Å². The first-order chi connectivity index (χ1) is 10.5. The molecule has 2 aromatic rings. The molecule has 1 aromatic heterocycles. The minimum atomic E-state index is -0.644. The highest BCUT2D eigenvalue weighted by Crippen LogP contribution is 2.24. The van der Waals surface area contributed by atoms with Crippen molar-refractivity contribution in [3.05, 3.63) is 64.4 Å². The van der Waals surface area contributed by atoms with Gasteiger partial charge in [0.25, 0.3) is 6.04 Å². The van der Waals surface area contributed by atoms with Gasteiger partial charge in [0.1, 0.15) is 0 Å². The second kappa shape index (κ2) is 7.68. The zero-order chi connectivity index (χ0) is 16.1. The number of nitrogens with one attached hydrogen (secondary N) is 1. The Labute approximate surface area is 144 Å².